The summed E-state index contributed by atoms with van der Waals surface area (Å²) in [5.74, 6) is -0.537. The molecule has 0 radical (unpaired) electrons. The smallest absolute Gasteiger partial charge is 0.195 e. The first kappa shape index (κ1) is 11.8. The van der Waals surface area contributed by atoms with Gasteiger partial charge in [0.15, 0.2) is 0 Å². The Morgan fingerprint density at radius 1 is 1.21 bits per heavy atom. The summed E-state index contributed by atoms with van der Waals surface area (Å²) in [6.45, 7) is 0. The summed E-state index contributed by atoms with van der Waals surface area (Å²) in [5, 5.41) is 0.721. The van der Waals surface area contributed by atoms with Gasteiger partial charge in [0.1, 0.15) is 0 Å². The van der Waals surface area contributed by atoms with Gasteiger partial charge in [0, 0.05) is 0 Å². The molecule has 0 spiro atoms. The highest BCUT2D eigenvalue weighted by Crippen LogP contribution is 2.22. The first-order chi connectivity index (χ1) is 6.38. The molecule has 6 heteroatoms. The molecular weight excluding hydrogens is 250 g/mol. The summed E-state index contributed by atoms with van der Waals surface area (Å²) < 4.78 is 32.6. The average Bonchev–Trinajstić information content (AvgIpc) is 2.06. The minimum absolute atomic E-state index is 0.0930. The fourth-order valence-corrected chi connectivity index (χ4v) is 1.74. The Bertz CT molecular complexity index is 431. The first-order valence-corrected chi connectivity index (χ1v) is 6.05. The topological polar surface area (TPSA) is 34.1 Å². The van der Waals surface area contributed by atoms with Crippen LogP contribution in [-0.4, -0.2) is 14.2 Å². The van der Waals surface area contributed by atoms with E-state index in [2.05, 4.69) is 0 Å². The van der Waals surface area contributed by atoms with E-state index < -0.39 is 16.0 Å². The van der Waals surface area contributed by atoms with Crippen molar-refractivity contribution in [2.45, 2.75) is 6.42 Å². The van der Waals surface area contributed by atoms with Crippen LogP contribution in [0.3, 0.4) is 0 Å². The molecule has 0 heterocycles. The van der Waals surface area contributed by atoms with E-state index in [0.717, 1.165) is 0 Å². The van der Waals surface area contributed by atoms with Crippen molar-refractivity contribution >= 4 is 33.4 Å². The molecule has 1 rings (SSSR count). The molecule has 0 bridgehead atoms. The first-order valence-electron chi connectivity index (χ1n) is 3.75. The number of aryl methyl sites for hydroxylation is 1. The van der Waals surface area contributed by atoms with Gasteiger partial charge in [-0.3, -0.25) is 0 Å². The Morgan fingerprint density at radius 3 is 2.36 bits per heavy atom. The second-order valence-corrected chi connectivity index (χ2v) is 5.04. The molecule has 14 heavy (non-hydrogen) atoms. The molecule has 0 aliphatic carbocycles. The lowest BCUT2D eigenvalue weighted by molar-refractivity contribution is 0.551. The van der Waals surface area contributed by atoms with Crippen molar-refractivity contribution in [2.75, 3.05) is 5.75 Å². The van der Waals surface area contributed by atoms with Crippen molar-refractivity contribution < 1.29 is 12.3 Å². The minimum Gasteiger partial charge on any atom is -0.195 e. The maximum Gasteiger partial charge on any atom is 0.302 e. The van der Waals surface area contributed by atoms with Gasteiger partial charge >= 0.3 is 10.2 Å². The fraction of sp³-hybridized carbons (Fsp3) is 0.250. The Hall–Kier alpha value is -0.320. The highest BCUT2D eigenvalue weighted by Gasteiger charge is 2.08. The summed E-state index contributed by atoms with van der Waals surface area (Å²) in [7, 11) is -4.42. The second kappa shape index (κ2) is 4.47. The van der Waals surface area contributed by atoms with Crippen LogP contribution in [0.1, 0.15) is 5.56 Å². The molecule has 1 aromatic rings. The van der Waals surface area contributed by atoms with Crippen molar-refractivity contribution in [3.8, 4) is 0 Å². The third-order valence-electron chi connectivity index (χ3n) is 1.62. The zero-order valence-corrected chi connectivity index (χ0v) is 9.33. The molecule has 0 atom stereocenters. The molecule has 2 nitrogen and oxygen atoms in total. The van der Waals surface area contributed by atoms with Gasteiger partial charge in [0.25, 0.3) is 0 Å². The predicted molar refractivity (Wildman–Crippen MR) is 55.1 cm³/mol. The largest absolute Gasteiger partial charge is 0.302 e. The molecule has 0 unspecified atom stereocenters. The van der Waals surface area contributed by atoms with Gasteiger partial charge < -0.3 is 0 Å². The highest BCUT2D eigenvalue weighted by molar-refractivity contribution is 7.86. The van der Waals surface area contributed by atoms with Crippen molar-refractivity contribution in [2.24, 2.45) is 0 Å². The van der Waals surface area contributed by atoms with E-state index in [1.165, 1.54) is 6.07 Å². The number of rotatable bonds is 3. The van der Waals surface area contributed by atoms with Gasteiger partial charge in [-0.15, -0.1) is 3.89 Å². The normalized spacial score (nSPS) is 11.6. The van der Waals surface area contributed by atoms with Crippen LogP contribution in [0.25, 0.3) is 0 Å². The number of hydrogen-bond donors (Lipinski definition) is 0. The van der Waals surface area contributed by atoms with Crippen molar-refractivity contribution in [3.05, 3.63) is 33.8 Å². The van der Waals surface area contributed by atoms with Crippen LogP contribution in [0, 0.1) is 0 Å². The van der Waals surface area contributed by atoms with Gasteiger partial charge in [-0.1, -0.05) is 29.3 Å². The standard InChI is InChI=1S/C8H7Cl2FO2S/c9-7-2-1-6(5-8(7)10)3-4-14(11,12)13/h1-2,5H,3-4H2. The summed E-state index contributed by atoms with van der Waals surface area (Å²) in [6.07, 6.45) is 0.0930. The highest BCUT2D eigenvalue weighted by atomic mass is 35.5. The van der Waals surface area contributed by atoms with E-state index in [4.69, 9.17) is 23.2 Å². The van der Waals surface area contributed by atoms with E-state index in [9.17, 15) is 12.3 Å². The molecule has 0 fully saturated rings. The third-order valence-corrected chi connectivity index (χ3v) is 3.05. The molecule has 0 aliphatic heterocycles. The Kier molecular flexibility index (Phi) is 3.75. The molecule has 0 aromatic heterocycles. The zero-order chi connectivity index (χ0) is 10.8. The van der Waals surface area contributed by atoms with Crippen LogP contribution in [0.5, 0.6) is 0 Å². The van der Waals surface area contributed by atoms with Crippen LogP contribution >= 0.6 is 23.2 Å². The molecule has 1 aromatic carbocycles. The van der Waals surface area contributed by atoms with Crippen LogP contribution in [0.15, 0.2) is 18.2 Å². The monoisotopic (exact) mass is 256 g/mol. The lowest BCUT2D eigenvalue weighted by Gasteiger charge is -2.00. The Morgan fingerprint density at radius 2 is 1.86 bits per heavy atom. The van der Waals surface area contributed by atoms with Crippen LogP contribution in [-0.2, 0) is 16.6 Å². The van der Waals surface area contributed by atoms with Crippen molar-refractivity contribution in [1.82, 2.24) is 0 Å². The minimum atomic E-state index is -4.42. The maximum absolute atomic E-state index is 12.2. The molecular formula is C8H7Cl2FO2S. The summed E-state index contributed by atoms with van der Waals surface area (Å²) in [4.78, 5) is 0. The zero-order valence-electron chi connectivity index (χ0n) is 7.00. The van der Waals surface area contributed by atoms with E-state index in [1.807, 2.05) is 0 Å². The summed E-state index contributed by atoms with van der Waals surface area (Å²) in [5.41, 5.74) is 0.639. The number of hydrogen-bond acceptors (Lipinski definition) is 2. The lowest BCUT2D eigenvalue weighted by atomic mass is 10.2. The van der Waals surface area contributed by atoms with Gasteiger partial charge in [0.2, 0.25) is 0 Å². The van der Waals surface area contributed by atoms with Crippen molar-refractivity contribution in [1.29, 1.82) is 0 Å². The third kappa shape index (κ3) is 3.82. The quantitative estimate of drug-likeness (QED) is 0.780. The van der Waals surface area contributed by atoms with Crippen LogP contribution < -0.4 is 0 Å². The SMILES string of the molecule is O=S(=O)(F)CCc1ccc(Cl)c(Cl)c1. The average molecular weight is 257 g/mol. The van der Waals surface area contributed by atoms with Crippen molar-refractivity contribution in [3.63, 3.8) is 0 Å². The summed E-state index contributed by atoms with van der Waals surface area (Å²) >= 11 is 11.3. The van der Waals surface area contributed by atoms with E-state index in [0.29, 0.717) is 15.6 Å². The van der Waals surface area contributed by atoms with Gasteiger partial charge in [-0.05, 0) is 24.1 Å². The molecule has 0 saturated carbocycles. The fourth-order valence-electron chi connectivity index (χ4n) is 0.935. The summed E-state index contributed by atoms with van der Waals surface area (Å²) in [6, 6.07) is 4.68. The predicted octanol–water partition coefficient (Wildman–Crippen LogP) is 2.84. The van der Waals surface area contributed by atoms with Crippen LogP contribution in [0.2, 0.25) is 10.0 Å². The van der Waals surface area contributed by atoms with E-state index in [1.54, 1.807) is 12.1 Å². The maximum atomic E-state index is 12.2. The van der Waals surface area contributed by atoms with Gasteiger partial charge in [0.05, 0.1) is 15.8 Å². The van der Waals surface area contributed by atoms with Gasteiger partial charge in [-0.25, -0.2) is 0 Å². The number of benzene rings is 1. The van der Waals surface area contributed by atoms with Crippen LogP contribution in [0.4, 0.5) is 3.89 Å². The van der Waals surface area contributed by atoms with E-state index >= 15 is 0 Å². The number of halogens is 3. The molecule has 0 N–H and O–H groups in total. The van der Waals surface area contributed by atoms with Gasteiger partial charge in [-0.2, -0.15) is 8.42 Å². The molecule has 0 amide bonds. The lowest BCUT2D eigenvalue weighted by Crippen LogP contribution is -2.01. The van der Waals surface area contributed by atoms with E-state index in [-0.39, 0.29) is 6.42 Å². The Labute approximate surface area is 91.9 Å². The molecule has 0 aliphatic rings. The molecule has 78 valence electrons. The Balaban J connectivity index is 2.74. The molecule has 0 saturated heterocycles. The second-order valence-electron chi connectivity index (χ2n) is 2.74.